The first-order valence-corrected chi connectivity index (χ1v) is 5.26. The highest BCUT2D eigenvalue weighted by atomic mass is 16.1. The Hall–Kier alpha value is -1.36. The normalized spacial score (nSPS) is 21.3. The van der Waals surface area contributed by atoms with Crippen LogP contribution in [-0.4, -0.2) is 36.1 Å². The van der Waals surface area contributed by atoms with Gasteiger partial charge in [0.2, 0.25) is 0 Å². The van der Waals surface area contributed by atoms with Gasteiger partial charge in [0.1, 0.15) is 0 Å². The van der Waals surface area contributed by atoms with E-state index < -0.39 is 0 Å². The van der Waals surface area contributed by atoms with Gasteiger partial charge in [-0.25, -0.2) is 4.98 Å². The molecule has 5 nitrogen and oxygen atoms in total. The van der Waals surface area contributed by atoms with E-state index in [0.29, 0.717) is 11.9 Å². The van der Waals surface area contributed by atoms with E-state index in [4.69, 9.17) is 0 Å². The summed E-state index contributed by atoms with van der Waals surface area (Å²) in [5.74, 6) is 0.506. The molecule has 0 aromatic carbocycles. The predicted octanol–water partition coefficient (Wildman–Crippen LogP) is -0.0419. The number of nitrogens with one attached hydrogen (secondary N) is 2. The Kier molecular flexibility index (Phi) is 3.01. The third-order valence-electron chi connectivity index (χ3n) is 2.84. The Bertz CT molecular complexity index is 370. The fourth-order valence-corrected chi connectivity index (χ4v) is 1.93. The van der Waals surface area contributed by atoms with E-state index in [0.717, 1.165) is 25.9 Å². The molecule has 1 aromatic heterocycles. The van der Waals surface area contributed by atoms with Crippen molar-refractivity contribution in [3.05, 3.63) is 22.7 Å². The summed E-state index contributed by atoms with van der Waals surface area (Å²) in [5, 5.41) is 3.32. The number of likely N-dealkylation sites (N-methyl/N-ethyl adjacent to an activating group) is 1. The van der Waals surface area contributed by atoms with Crippen LogP contribution in [0.15, 0.2) is 17.2 Å². The van der Waals surface area contributed by atoms with Crippen LogP contribution in [0.3, 0.4) is 0 Å². The molecular formula is C10H16N4O. The Morgan fingerprint density at radius 3 is 3.13 bits per heavy atom. The number of H-pyrrole nitrogens is 1. The third-order valence-corrected chi connectivity index (χ3v) is 2.84. The van der Waals surface area contributed by atoms with E-state index in [-0.39, 0.29) is 5.56 Å². The topological polar surface area (TPSA) is 61.0 Å². The molecule has 1 aliphatic rings. The molecule has 1 aromatic rings. The lowest BCUT2D eigenvalue weighted by atomic mass is 10.1. The molecule has 1 atom stereocenters. The van der Waals surface area contributed by atoms with Crippen LogP contribution < -0.4 is 15.8 Å². The quantitative estimate of drug-likeness (QED) is 0.716. The summed E-state index contributed by atoms with van der Waals surface area (Å²) in [5.41, 5.74) is -0.120. The summed E-state index contributed by atoms with van der Waals surface area (Å²) in [6, 6.07) is 0.370. The molecule has 0 bridgehead atoms. The van der Waals surface area contributed by atoms with Crippen molar-refractivity contribution >= 4 is 5.82 Å². The number of hydrogen-bond acceptors (Lipinski definition) is 4. The smallest absolute Gasteiger partial charge is 0.290 e. The van der Waals surface area contributed by atoms with Gasteiger partial charge in [0.25, 0.3) is 5.56 Å². The van der Waals surface area contributed by atoms with Crippen LogP contribution in [0.2, 0.25) is 0 Å². The second-order valence-electron chi connectivity index (χ2n) is 3.85. The van der Waals surface area contributed by atoms with Gasteiger partial charge in [0, 0.05) is 32.0 Å². The van der Waals surface area contributed by atoms with Gasteiger partial charge in [-0.3, -0.25) is 4.79 Å². The number of aromatic amines is 1. The molecule has 0 radical (unpaired) electrons. The van der Waals surface area contributed by atoms with Crippen molar-refractivity contribution in [2.75, 3.05) is 25.0 Å². The molecule has 1 unspecified atom stereocenters. The van der Waals surface area contributed by atoms with E-state index >= 15 is 0 Å². The van der Waals surface area contributed by atoms with Gasteiger partial charge < -0.3 is 15.2 Å². The monoisotopic (exact) mass is 208 g/mol. The first-order chi connectivity index (χ1) is 7.29. The predicted molar refractivity (Wildman–Crippen MR) is 59.2 cm³/mol. The Morgan fingerprint density at radius 2 is 2.47 bits per heavy atom. The highest BCUT2D eigenvalue weighted by molar-refractivity contribution is 5.35. The van der Waals surface area contributed by atoms with E-state index in [1.165, 1.54) is 0 Å². The van der Waals surface area contributed by atoms with Crippen molar-refractivity contribution in [2.45, 2.75) is 18.9 Å². The molecule has 0 aliphatic carbocycles. The lowest BCUT2D eigenvalue weighted by Gasteiger charge is -2.31. The molecule has 2 rings (SSSR count). The van der Waals surface area contributed by atoms with Crippen molar-refractivity contribution in [3.63, 3.8) is 0 Å². The molecule has 0 amide bonds. The average Bonchev–Trinajstić information content (AvgIpc) is 2.30. The molecule has 15 heavy (non-hydrogen) atoms. The van der Waals surface area contributed by atoms with E-state index in [2.05, 4.69) is 15.3 Å². The fourth-order valence-electron chi connectivity index (χ4n) is 1.93. The maximum absolute atomic E-state index is 11.5. The van der Waals surface area contributed by atoms with Crippen molar-refractivity contribution in [3.8, 4) is 0 Å². The zero-order valence-electron chi connectivity index (χ0n) is 8.86. The summed E-state index contributed by atoms with van der Waals surface area (Å²) >= 11 is 0. The minimum atomic E-state index is -0.120. The number of hydrogen-bond donors (Lipinski definition) is 2. The molecule has 5 heteroatoms. The number of aromatic nitrogens is 2. The van der Waals surface area contributed by atoms with E-state index in [1.54, 1.807) is 12.4 Å². The molecule has 0 saturated carbocycles. The summed E-state index contributed by atoms with van der Waals surface area (Å²) in [6.45, 7) is 2.00. The van der Waals surface area contributed by atoms with Gasteiger partial charge in [-0.2, -0.15) is 0 Å². The maximum Gasteiger partial charge on any atom is 0.290 e. The number of anilines is 1. The Balaban J connectivity index is 2.16. The second kappa shape index (κ2) is 4.44. The summed E-state index contributed by atoms with van der Waals surface area (Å²) < 4.78 is 0. The molecule has 2 heterocycles. The van der Waals surface area contributed by atoms with Crippen LogP contribution in [0.4, 0.5) is 5.82 Å². The van der Waals surface area contributed by atoms with Crippen molar-refractivity contribution in [1.29, 1.82) is 0 Å². The maximum atomic E-state index is 11.5. The third kappa shape index (κ3) is 2.18. The van der Waals surface area contributed by atoms with Gasteiger partial charge in [0.15, 0.2) is 5.82 Å². The van der Waals surface area contributed by atoms with Crippen LogP contribution in [0, 0.1) is 0 Å². The van der Waals surface area contributed by atoms with Crippen molar-refractivity contribution < 1.29 is 0 Å². The van der Waals surface area contributed by atoms with Crippen LogP contribution in [0.25, 0.3) is 0 Å². The first kappa shape index (κ1) is 10.2. The molecule has 1 saturated heterocycles. The van der Waals surface area contributed by atoms with Crippen molar-refractivity contribution in [1.82, 2.24) is 15.3 Å². The Morgan fingerprint density at radius 1 is 1.60 bits per heavy atom. The SMILES string of the molecule is CN(c1ncc[nH]c1=O)C1CCCNC1. The van der Waals surface area contributed by atoms with E-state index in [1.807, 2.05) is 11.9 Å². The minimum Gasteiger partial charge on any atom is -0.351 e. The highest BCUT2D eigenvalue weighted by Crippen LogP contribution is 2.12. The molecular weight excluding hydrogens is 192 g/mol. The second-order valence-corrected chi connectivity index (χ2v) is 3.85. The first-order valence-electron chi connectivity index (χ1n) is 5.26. The zero-order chi connectivity index (χ0) is 10.7. The van der Waals surface area contributed by atoms with Gasteiger partial charge in [-0.15, -0.1) is 0 Å². The highest BCUT2D eigenvalue weighted by Gasteiger charge is 2.20. The van der Waals surface area contributed by atoms with Crippen molar-refractivity contribution in [2.24, 2.45) is 0 Å². The molecule has 2 N–H and O–H groups in total. The van der Waals surface area contributed by atoms with Gasteiger partial charge in [-0.05, 0) is 19.4 Å². The largest absolute Gasteiger partial charge is 0.351 e. The van der Waals surface area contributed by atoms with Gasteiger partial charge in [-0.1, -0.05) is 0 Å². The number of piperidine rings is 1. The molecule has 1 aliphatic heterocycles. The van der Waals surface area contributed by atoms with Crippen LogP contribution >= 0.6 is 0 Å². The van der Waals surface area contributed by atoms with Gasteiger partial charge >= 0.3 is 0 Å². The number of nitrogens with zero attached hydrogens (tertiary/aromatic N) is 2. The minimum absolute atomic E-state index is 0.120. The Labute approximate surface area is 88.5 Å². The zero-order valence-corrected chi connectivity index (χ0v) is 8.86. The summed E-state index contributed by atoms with van der Waals surface area (Å²) in [4.78, 5) is 20.2. The summed E-state index contributed by atoms with van der Waals surface area (Å²) in [7, 11) is 1.93. The van der Waals surface area contributed by atoms with Gasteiger partial charge in [0.05, 0.1) is 0 Å². The average molecular weight is 208 g/mol. The van der Waals surface area contributed by atoms with E-state index in [9.17, 15) is 4.79 Å². The lowest BCUT2D eigenvalue weighted by Crippen LogP contribution is -2.46. The fraction of sp³-hybridized carbons (Fsp3) is 0.600. The molecule has 1 fully saturated rings. The summed E-state index contributed by atoms with van der Waals surface area (Å²) in [6.07, 6.45) is 5.43. The molecule has 82 valence electrons. The lowest BCUT2D eigenvalue weighted by molar-refractivity contribution is 0.442. The van der Waals surface area contributed by atoms with Crippen LogP contribution in [0.5, 0.6) is 0 Å². The molecule has 0 spiro atoms. The standard InChI is InChI=1S/C10H16N4O/c1-14(8-3-2-4-11-7-8)9-10(15)13-6-5-12-9/h5-6,8,11H,2-4,7H2,1H3,(H,13,15). The van der Waals surface area contributed by atoms with Crippen LogP contribution in [0.1, 0.15) is 12.8 Å². The van der Waals surface area contributed by atoms with Crippen LogP contribution in [-0.2, 0) is 0 Å². The number of rotatable bonds is 2.